The van der Waals surface area contributed by atoms with Gasteiger partial charge in [-0.1, -0.05) is 6.07 Å². The van der Waals surface area contributed by atoms with Gasteiger partial charge in [-0.3, -0.25) is 9.79 Å². The van der Waals surface area contributed by atoms with Crippen LogP contribution in [0.15, 0.2) is 23.2 Å². The molecule has 1 aromatic rings. The van der Waals surface area contributed by atoms with Crippen LogP contribution in [-0.2, 0) is 4.79 Å². The van der Waals surface area contributed by atoms with E-state index < -0.39 is 11.6 Å². The van der Waals surface area contributed by atoms with Crippen molar-refractivity contribution in [2.45, 2.75) is 37.6 Å². The van der Waals surface area contributed by atoms with Crippen molar-refractivity contribution in [3.8, 4) is 0 Å². The summed E-state index contributed by atoms with van der Waals surface area (Å²) in [5.74, 6) is -0.260. The Labute approximate surface area is 151 Å². The molecule has 1 amide bonds. The predicted molar refractivity (Wildman–Crippen MR) is 94.9 cm³/mol. The van der Waals surface area contributed by atoms with E-state index in [9.17, 15) is 13.6 Å². The SMILES string of the molecule is CN=C(NC1CC1c1c(F)cccc1F)N1CCCC2(CNC(=O)C2)C1. The Hall–Kier alpha value is -2.18. The van der Waals surface area contributed by atoms with Gasteiger partial charge in [0.25, 0.3) is 0 Å². The number of likely N-dealkylation sites (tertiary alicyclic amines) is 1. The van der Waals surface area contributed by atoms with Gasteiger partial charge in [-0.05, 0) is 31.4 Å². The minimum absolute atomic E-state index is 0.0127. The van der Waals surface area contributed by atoms with Gasteiger partial charge in [-0.15, -0.1) is 0 Å². The average Bonchev–Trinajstić information content (AvgIpc) is 3.27. The molecule has 1 spiro atoms. The van der Waals surface area contributed by atoms with Crippen molar-refractivity contribution in [3.05, 3.63) is 35.4 Å². The van der Waals surface area contributed by atoms with Crippen LogP contribution in [0, 0.1) is 17.0 Å². The molecule has 7 heteroatoms. The van der Waals surface area contributed by atoms with Crippen LogP contribution in [-0.4, -0.2) is 49.5 Å². The van der Waals surface area contributed by atoms with Gasteiger partial charge in [0.1, 0.15) is 11.6 Å². The monoisotopic (exact) mass is 362 g/mol. The lowest BCUT2D eigenvalue weighted by atomic mass is 9.79. The first-order valence-electron chi connectivity index (χ1n) is 9.20. The average molecular weight is 362 g/mol. The summed E-state index contributed by atoms with van der Waals surface area (Å²) >= 11 is 0. The van der Waals surface area contributed by atoms with E-state index in [1.807, 2.05) is 0 Å². The Balaban J connectivity index is 1.42. The zero-order valence-electron chi connectivity index (χ0n) is 14.9. The third-order valence-corrected chi connectivity index (χ3v) is 5.84. The summed E-state index contributed by atoms with van der Waals surface area (Å²) in [4.78, 5) is 18.2. The molecule has 1 saturated carbocycles. The summed E-state index contributed by atoms with van der Waals surface area (Å²) in [5.41, 5.74) is 0.147. The van der Waals surface area contributed by atoms with E-state index >= 15 is 0 Å². The van der Waals surface area contributed by atoms with E-state index in [4.69, 9.17) is 0 Å². The highest BCUT2D eigenvalue weighted by atomic mass is 19.1. The van der Waals surface area contributed by atoms with Crippen LogP contribution in [0.2, 0.25) is 0 Å². The fourth-order valence-corrected chi connectivity index (χ4v) is 4.43. The van der Waals surface area contributed by atoms with Crippen molar-refractivity contribution in [2.75, 3.05) is 26.7 Å². The van der Waals surface area contributed by atoms with E-state index in [-0.39, 0.29) is 28.8 Å². The number of nitrogens with zero attached hydrogens (tertiary/aromatic N) is 2. The highest BCUT2D eigenvalue weighted by Gasteiger charge is 2.45. The van der Waals surface area contributed by atoms with E-state index in [1.54, 1.807) is 7.05 Å². The number of nitrogens with one attached hydrogen (secondary N) is 2. The first-order chi connectivity index (χ1) is 12.5. The van der Waals surface area contributed by atoms with Crippen molar-refractivity contribution in [1.82, 2.24) is 15.5 Å². The quantitative estimate of drug-likeness (QED) is 0.625. The third kappa shape index (κ3) is 3.15. The molecule has 4 rings (SSSR count). The zero-order chi connectivity index (χ0) is 18.3. The summed E-state index contributed by atoms with van der Waals surface area (Å²) in [6.07, 6.45) is 3.29. The van der Waals surface area contributed by atoms with Crippen LogP contribution in [0.25, 0.3) is 0 Å². The van der Waals surface area contributed by atoms with Crippen molar-refractivity contribution in [3.63, 3.8) is 0 Å². The first-order valence-corrected chi connectivity index (χ1v) is 9.20. The lowest BCUT2D eigenvalue weighted by Gasteiger charge is -2.40. The van der Waals surface area contributed by atoms with E-state index in [0.29, 0.717) is 19.4 Å². The number of piperidine rings is 1. The maximum atomic E-state index is 14.0. The van der Waals surface area contributed by atoms with Gasteiger partial charge in [0.05, 0.1) is 0 Å². The van der Waals surface area contributed by atoms with Crippen LogP contribution in [0.3, 0.4) is 0 Å². The number of carbonyl (C=O) groups is 1. The Morgan fingerprint density at radius 1 is 1.38 bits per heavy atom. The fourth-order valence-electron chi connectivity index (χ4n) is 4.43. The van der Waals surface area contributed by atoms with Gasteiger partial charge < -0.3 is 15.5 Å². The summed E-state index contributed by atoms with van der Waals surface area (Å²) in [6, 6.07) is 3.99. The second-order valence-electron chi connectivity index (χ2n) is 7.75. The summed E-state index contributed by atoms with van der Waals surface area (Å²) < 4.78 is 28.0. The summed E-state index contributed by atoms with van der Waals surface area (Å²) in [5, 5.41) is 6.31. The second-order valence-corrected chi connectivity index (χ2v) is 7.75. The van der Waals surface area contributed by atoms with Crippen LogP contribution in [0.4, 0.5) is 8.78 Å². The maximum absolute atomic E-state index is 14.0. The zero-order valence-corrected chi connectivity index (χ0v) is 14.9. The summed E-state index contributed by atoms with van der Waals surface area (Å²) in [6.45, 7) is 2.36. The molecule has 1 aromatic carbocycles. The molecule has 1 aliphatic carbocycles. The molecule has 3 aliphatic rings. The maximum Gasteiger partial charge on any atom is 0.220 e. The standard InChI is InChI=1S/C19H24F2N4O/c1-22-18(25-7-3-6-19(11-25)9-16(26)23-10-19)24-15-8-12(15)17-13(20)4-2-5-14(17)21/h2,4-5,12,15H,3,6-11H2,1H3,(H,22,24)(H,23,26). The minimum atomic E-state index is -0.484. The number of rotatable bonds is 2. The van der Waals surface area contributed by atoms with E-state index in [2.05, 4.69) is 20.5 Å². The molecule has 0 radical (unpaired) electrons. The smallest absolute Gasteiger partial charge is 0.220 e. The molecular weight excluding hydrogens is 338 g/mol. The van der Waals surface area contributed by atoms with Gasteiger partial charge >= 0.3 is 0 Å². The second kappa shape index (κ2) is 6.52. The topological polar surface area (TPSA) is 56.7 Å². The van der Waals surface area contributed by atoms with Crippen molar-refractivity contribution < 1.29 is 13.6 Å². The Morgan fingerprint density at radius 2 is 2.15 bits per heavy atom. The number of guanidine groups is 1. The van der Waals surface area contributed by atoms with Crippen molar-refractivity contribution in [1.29, 1.82) is 0 Å². The molecule has 140 valence electrons. The van der Waals surface area contributed by atoms with Crippen LogP contribution in [0.1, 0.15) is 37.2 Å². The van der Waals surface area contributed by atoms with Gasteiger partial charge in [0, 0.05) is 56.0 Å². The van der Waals surface area contributed by atoms with E-state index in [0.717, 1.165) is 31.9 Å². The number of hydrogen-bond donors (Lipinski definition) is 2. The minimum Gasteiger partial charge on any atom is -0.355 e. The fraction of sp³-hybridized carbons (Fsp3) is 0.579. The normalized spacial score (nSPS) is 31.3. The number of hydrogen-bond acceptors (Lipinski definition) is 2. The molecule has 3 fully saturated rings. The predicted octanol–water partition coefficient (Wildman–Crippen LogP) is 2.00. The molecule has 0 aromatic heterocycles. The van der Waals surface area contributed by atoms with Crippen LogP contribution in [0.5, 0.6) is 0 Å². The van der Waals surface area contributed by atoms with Crippen LogP contribution < -0.4 is 10.6 Å². The Morgan fingerprint density at radius 3 is 2.81 bits per heavy atom. The number of halogens is 2. The number of carbonyl (C=O) groups excluding carboxylic acids is 1. The molecule has 26 heavy (non-hydrogen) atoms. The molecule has 3 unspecified atom stereocenters. The van der Waals surface area contributed by atoms with Gasteiger partial charge in [0.15, 0.2) is 5.96 Å². The highest BCUT2D eigenvalue weighted by molar-refractivity contribution is 5.82. The lowest BCUT2D eigenvalue weighted by Crippen LogP contribution is -2.51. The van der Waals surface area contributed by atoms with Gasteiger partial charge in [0.2, 0.25) is 5.91 Å². The van der Waals surface area contributed by atoms with Gasteiger partial charge in [-0.25, -0.2) is 8.78 Å². The molecule has 2 N–H and O–H groups in total. The van der Waals surface area contributed by atoms with Crippen molar-refractivity contribution >= 4 is 11.9 Å². The molecule has 5 nitrogen and oxygen atoms in total. The molecule has 0 bridgehead atoms. The molecule has 2 aliphatic heterocycles. The Kier molecular flexibility index (Phi) is 4.32. The van der Waals surface area contributed by atoms with Crippen LogP contribution >= 0.6 is 0 Å². The first kappa shape index (κ1) is 17.2. The van der Waals surface area contributed by atoms with Gasteiger partial charge in [-0.2, -0.15) is 0 Å². The summed E-state index contributed by atoms with van der Waals surface area (Å²) in [7, 11) is 1.72. The van der Waals surface area contributed by atoms with E-state index in [1.165, 1.54) is 18.2 Å². The molecule has 3 atom stereocenters. The Bertz CT molecular complexity index is 733. The number of benzene rings is 1. The largest absolute Gasteiger partial charge is 0.355 e. The molecular formula is C19H24F2N4O. The van der Waals surface area contributed by atoms with Crippen molar-refractivity contribution in [2.24, 2.45) is 10.4 Å². The third-order valence-electron chi connectivity index (χ3n) is 5.84. The number of amides is 1. The lowest BCUT2D eigenvalue weighted by molar-refractivity contribution is -0.119. The molecule has 2 heterocycles. The highest BCUT2D eigenvalue weighted by Crippen LogP contribution is 2.43. The number of aliphatic imine (C=N–C) groups is 1. The molecule has 2 saturated heterocycles.